The highest BCUT2D eigenvalue weighted by Crippen LogP contribution is 2.17. The van der Waals surface area contributed by atoms with E-state index in [-0.39, 0.29) is 11.7 Å². The third-order valence-electron chi connectivity index (χ3n) is 3.83. The highest BCUT2D eigenvalue weighted by Gasteiger charge is 2.13. The average molecular weight is 343 g/mol. The average Bonchev–Trinajstić information content (AvgIpc) is 2.69. The first kappa shape index (κ1) is 17.1. The number of aromatic nitrogens is 2. The molecule has 0 aliphatic carbocycles. The Morgan fingerprint density at radius 1 is 1.08 bits per heavy atom. The Morgan fingerprint density at radius 3 is 2.58 bits per heavy atom. The largest absolute Gasteiger partial charge is 0.348 e. The van der Waals surface area contributed by atoms with Gasteiger partial charge in [0.15, 0.2) is 0 Å². The molecule has 6 nitrogen and oxygen atoms in total. The zero-order valence-electron chi connectivity index (χ0n) is 14.2. The molecule has 0 saturated heterocycles. The monoisotopic (exact) mass is 343 g/mol. The summed E-state index contributed by atoms with van der Waals surface area (Å²) in [5.41, 5.74) is 2.15. The van der Waals surface area contributed by atoms with Gasteiger partial charge in [0.1, 0.15) is 11.8 Å². The molecule has 0 aliphatic rings. The van der Waals surface area contributed by atoms with Gasteiger partial charge in [0.25, 0.3) is 5.91 Å². The van der Waals surface area contributed by atoms with E-state index in [9.17, 15) is 4.79 Å². The molecule has 6 heteroatoms. The fourth-order valence-corrected chi connectivity index (χ4v) is 2.45. The lowest BCUT2D eigenvalue weighted by atomic mass is 10.1. The van der Waals surface area contributed by atoms with Crippen molar-refractivity contribution in [1.82, 2.24) is 9.97 Å². The Morgan fingerprint density at radius 2 is 1.81 bits per heavy atom. The van der Waals surface area contributed by atoms with Gasteiger partial charge in [-0.1, -0.05) is 42.5 Å². The van der Waals surface area contributed by atoms with Gasteiger partial charge in [-0.2, -0.15) is 5.26 Å². The minimum atomic E-state index is -0.398. The van der Waals surface area contributed by atoms with Crippen molar-refractivity contribution in [2.24, 2.45) is 0 Å². The van der Waals surface area contributed by atoms with Crippen molar-refractivity contribution in [3.63, 3.8) is 0 Å². The lowest BCUT2D eigenvalue weighted by Gasteiger charge is -2.14. The van der Waals surface area contributed by atoms with Crippen LogP contribution < -0.4 is 10.6 Å². The van der Waals surface area contributed by atoms with Crippen molar-refractivity contribution in [1.29, 1.82) is 5.26 Å². The quantitative estimate of drug-likeness (QED) is 0.736. The molecule has 1 amide bonds. The molecule has 2 aromatic carbocycles. The first-order valence-corrected chi connectivity index (χ1v) is 8.12. The van der Waals surface area contributed by atoms with Crippen LogP contribution in [0.3, 0.4) is 0 Å². The summed E-state index contributed by atoms with van der Waals surface area (Å²) in [4.78, 5) is 20.9. The summed E-state index contributed by atoms with van der Waals surface area (Å²) < 4.78 is 0. The van der Waals surface area contributed by atoms with Gasteiger partial charge >= 0.3 is 0 Å². The number of nitrogens with zero attached hydrogens (tertiary/aromatic N) is 3. The zero-order valence-corrected chi connectivity index (χ0v) is 14.2. The fraction of sp³-hybridized carbons (Fsp3) is 0.100. The van der Waals surface area contributed by atoms with Gasteiger partial charge < -0.3 is 10.6 Å². The smallest absolute Gasteiger partial charge is 0.274 e. The predicted octanol–water partition coefficient (Wildman–Crippen LogP) is 3.77. The normalized spacial score (nSPS) is 11.2. The molecule has 26 heavy (non-hydrogen) atoms. The van der Waals surface area contributed by atoms with Crippen molar-refractivity contribution in [3.05, 3.63) is 83.7 Å². The molecule has 3 aromatic rings. The van der Waals surface area contributed by atoms with Gasteiger partial charge in [0, 0.05) is 6.20 Å². The second-order valence-electron chi connectivity index (χ2n) is 5.65. The summed E-state index contributed by atoms with van der Waals surface area (Å²) in [6.07, 6.45) is 1.53. The number of amides is 1. The minimum Gasteiger partial charge on any atom is -0.348 e. The lowest BCUT2D eigenvalue weighted by Crippen LogP contribution is -2.17. The van der Waals surface area contributed by atoms with Gasteiger partial charge in [-0.05, 0) is 30.7 Å². The third-order valence-corrected chi connectivity index (χ3v) is 3.83. The number of rotatable bonds is 5. The van der Waals surface area contributed by atoms with E-state index in [2.05, 4.69) is 20.6 Å². The van der Waals surface area contributed by atoms with Crippen molar-refractivity contribution in [2.45, 2.75) is 13.0 Å². The molecule has 0 radical (unpaired) electrons. The highest BCUT2D eigenvalue weighted by atomic mass is 16.1. The summed E-state index contributed by atoms with van der Waals surface area (Å²) >= 11 is 0. The number of carbonyl (C=O) groups excluding carboxylic acids is 1. The van der Waals surface area contributed by atoms with Crippen molar-refractivity contribution in [3.8, 4) is 6.07 Å². The molecule has 1 unspecified atom stereocenters. The molecular weight excluding hydrogens is 326 g/mol. The van der Waals surface area contributed by atoms with Gasteiger partial charge in [0.2, 0.25) is 5.95 Å². The topological polar surface area (TPSA) is 90.7 Å². The summed E-state index contributed by atoms with van der Waals surface area (Å²) in [7, 11) is 0. The summed E-state index contributed by atoms with van der Waals surface area (Å²) in [5.74, 6) is -0.0342. The Balaban J connectivity index is 1.74. The Hall–Kier alpha value is -3.72. The van der Waals surface area contributed by atoms with E-state index in [1.807, 2.05) is 43.3 Å². The molecule has 0 aliphatic heterocycles. The van der Waals surface area contributed by atoms with E-state index in [0.29, 0.717) is 17.2 Å². The second kappa shape index (κ2) is 7.90. The van der Waals surface area contributed by atoms with Gasteiger partial charge in [0.05, 0.1) is 17.3 Å². The molecule has 0 bridgehead atoms. The molecule has 2 N–H and O–H groups in total. The number of benzene rings is 2. The number of nitrogens with one attached hydrogen (secondary N) is 2. The van der Waals surface area contributed by atoms with Gasteiger partial charge in [-0.25, -0.2) is 9.97 Å². The van der Waals surface area contributed by atoms with Crippen LogP contribution >= 0.6 is 0 Å². The standard InChI is InChI=1S/C20H17N5O/c1-14(15-7-3-2-4-8-15)23-20-22-12-11-18(25-20)19(26)24-17-10-6-5-9-16(17)13-21/h2-12,14H,1H3,(H,24,26)(H,22,23,25). The maximum Gasteiger partial charge on any atom is 0.274 e. The molecule has 1 heterocycles. The maximum absolute atomic E-state index is 12.5. The fourth-order valence-electron chi connectivity index (χ4n) is 2.45. The number of para-hydroxylation sites is 1. The summed E-state index contributed by atoms with van der Waals surface area (Å²) in [6, 6.07) is 20.3. The first-order chi connectivity index (χ1) is 12.7. The molecule has 1 atom stereocenters. The molecular formula is C20H17N5O. The Kier molecular flexibility index (Phi) is 5.20. The van der Waals surface area contributed by atoms with E-state index in [1.165, 1.54) is 12.3 Å². The Bertz CT molecular complexity index is 950. The van der Waals surface area contributed by atoms with Crippen molar-refractivity contribution >= 4 is 17.5 Å². The van der Waals surface area contributed by atoms with Crippen LogP contribution in [0, 0.1) is 11.3 Å². The van der Waals surface area contributed by atoms with E-state index in [1.54, 1.807) is 24.3 Å². The van der Waals surface area contributed by atoms with E-state index in [4.69, 9.17) is 5.26 Å². The minimum absolute atomic E-state index is 0.00572. The molecule has 0 fully saturated rings. The molecule has 0 saturated carbocycles. The summed E-state index contributed by atoms with van der Waals surface area (Å²) in [5, 5.41) is 15.0. The number of carbonyl (C=O) groups is 1. The lowest BCUT2D eigenvalue weighted by molar-refractivity contribution is 0.102. The molecule has 128 valence electrons. The van der Waals surface area contributed by atoms with Crippen molar-refractivity contribution in [2.75, 3.05) is 10.6 Å². The van der Waals surface area contributed by atoms with Crippen LogP contribution in [0.1, 0.15) is 34.6 Å². The van der Waals surface area contributed by atoms with E-state index >= 15 is 0 Å². The SMILES string of the molecule is CC(Nc1nccc(C(=O)Nc2ccccc2C#N)n1)c1ccccc1. The van der Waals surface area contributed by atoms with E-state index < -0.39 is 5.91 Å². The number of hydrogen-bond donors (Lipinski definition) is 2. The van der Waals surface area contributed by atoms with Crippen LogP contribution in [-0.4, -0.2) is 15.9 Å². The number of anilines is 2. The molecule has 3 rings (SSSR count). The zero-order chi connectivity index (χ0) is 18.4. The van der Waals surface area contributed by atoms with Gasteiger partial charge in [-0.15, -0.1) is 0 Å². The predicted molar refractivity (Wildman–Crippen MR) is 99.6 cm³/mol. The number of hydrogen-bond acceptors (Lipinski definition) is 5. The summed E-state index contributed by atoms with van der Waals surface area (Å²) in [6.45, 7) is 1.99. The number of nitriles is 1. The van der Waals surface area contributed by atoms with Crippen LogP contribution in [0.15, 0.2) is 66.9 Å². The van der Waals surface area contributed by atoms with Crippen LogP contribution in [-0.2, 0) is 0 Å². The second-order valence-corrected chi connectivity index (χ2v) is 5.65. The first-order valence-electron chi connectivity index (χ1n) is 8.12. The van der Waals surface area contributed by atoms with E-state index in [0.717, 1.165) is 5.56 Å². The Labute approximate surface area is 151 Å². The maximum atomic E-state index is 12.5. The van der Waals surface area contributed by atoms with Crippen LogP contribution in [0.5, 0.6) is 0 Å². The molecule has 1 aromatic heterocycles. The van der Waals surface area contributed by atoms with Crippen LogP contribution in [0.25, 0.3) is 0 Å². The van der Waals surface area contributed by atoms with Gasteiger partial charge in [-0.3, -0.25) is 4.79 Å². The van der Waals surface area contributed by atoms with Crippen molar-refractivity contribution < 1.29 is 4.79 Å². The highest BCUT2D eigenvalue weighted by molar-refractivity contribution is 6.03. The molecule has 0 spiro atoms. The van der Waals surface area contributed by atoms with Crippen LogP contribution in [0.4, 0.5) is 11.6 Å². The van der Waals surface area contributed by atoms with Crippen LogP contribution in [0.2, 0.25) is 0 Å². The third kappa shape index (κ3) is 4.02.